The zero-order valence-electron chi connectivity index (χ0n) is 15.3. The molecule has 0 radical (unpaired) electrons. The molecule has 1 aliphatic heterocycles. The summed E-state index contributed by atoms with van der Waals surface area (Å²) in [7, 11) is 0. The molecule has 6 heteroatoms. The minimum Gasteiger partial charge on any atom is -0.441 e. The van der Waals surface area contributed by atoms with Crippen LogP contribution in [-0.2, 0) is 6.54 Å². The van der Waals surface area contributed by atoms with Gasteiger partial charge >= 0.3 is 0 Å². The smallest absolute Gasteiger partial charge is 0.254 e. The van der Waals surface area contributed by atoms with Crippen LogP contribution in [0.3, 0.4) is 0 Å². The van der Waals surface area contributed by atoms with Gasteiger partial charge in [0.25, 0.3) is 5.91 Å². The van der Waals surface area contributed by atoms with Crippen LogP contribution in [0.4, 0.5) is 0 Å². The molecule has 1 amide bonds. The second kappa shape index (κ2) is 7.72. The molecule has 0 spiro atoms. The number of carbonyl (C=O) groups is 1. The van der Waals surface area contributed by atoms with Gasteiger partial charge in [0.2, 0.25) is 5.89 Å². The van der Waals surface area contributed by atoms with Crippen LogP contribution in [0.1, 0.15) is 21.8 Å². The molecule has 0 saturated carbocycles. The van der Waals surface area contributed by atoms with Crippen LogP contribution in [-0.4, -0.2) is 51.9 Å². The van der Waals surface area contributed by atoms with E-state index in [2.05, 4.69) is 14.9 Å². The summed E-state index contributed by atoms with van der Waals surface area (Å²) in [4.78, 5) is 25.4. The van der Waals surface area contributed by atoms with Crippen molar-refractivity contribution in [2.75, 3.05) is 26.2 Å². The average molecular weight is 362 g/mol. The topological polar surface area (TPSA) is 62.5 Å². The Kier molecular flexibility index (Phi) is 4.98. The van der Waals surface area contributed by atoms with Gasteiger partial charge in [-0.3, -0.25) is 14.7 Å². The normalized spacial score (nSPS) is 15.1. The van der Waals surface area contributed by atoms with E-state index < -0.39 is 0 Å². The van der Waals surface area contributed by atoms with Gasteiger partial charge in [0.15, 0.2) is 0 Å². The number of benzene rings is 1. The van der Waals surface area contributed by atoms with Gasteiger partial charge in [-0.15, -0.1) is 0 Å². The van der Waals surface area contributed by atoms with Crippen molar-refractivity contribution in [3.8, 4) is 11.5 Å². The van der Waals surface area contributed by atoms with E-state index in [1.165, 1.54) is 0 Å². The average Bonchev–Trinajstić information content (AvgIpc) is 3.10. The lowest BCUT2D eigenvalue weighted by Crippen LogP contribution is -2.48. The minimum atomic E-state index is 0.0704. The monoisotopic (exact) mass is 362 g/mol. The summed E-state index contributed by atoms with van der Waals surface area (Å²) in [5, 5.41) is 0. The molecule has 6 nitrogen and oxygen atoms in total. The molecule has 2 aromatic heterocycles. The molecule has 0 atom stereocenters. The van der Waals surface area contributed by atoms with E-state index in [1.807, 2.05) is 42.2 Å². The largest absolute Gasteiger partial charge is 0.441 e. The zero-order valence-corrected chi connectivity index (χ0v) is 15.3. The number of carbonyl (C=O) groups excluding carboxylic acids is 1. The van der Waals surface area contributed by atoms with E-state index in [9.17, 15) is 4.79 Å². The third-order valence-corrected chi connectivity index (χ3v) is 4.87. The quantitative estimate of drug-likeness (QED) is 0.714. The lowest BCUT2D eigenvalue weighted by Gasteiger charge is -2.34. The van der Waals surface area contributed by atoms with E-state index >= 15 is 0 Å². The highest BCUT2D eigenvalue weighted by Crippen LogP contribution is 2.22. The third-order valence-electron chi connectivity index (χ3n) is 4.87. The maximum absolute atomic E-state index is 12.5. The first kappa shape index (κ1) is 17.4. The van der Waals surface area contributed by atoms with Crippen molar-refractivity contribution >= 4 is 5.91 Å². The predicted molar refractivity (Wildman–Crippen MR) is 102 cm³/mol. The van der Waals surface area contributed by atoms with Crippen LogP contribution in [0.15, 0.2) is 59.3 Å². The Morgan fingerprint density at radius 3 is 2.44 bits per heavy atom. The number of amides is 1. The highest BCUT2D eigenvalue weighted by atomic mass is 16.4. The van der Waals surface area contributed by atoms with Gasteiger partial charge in [0.1, 0.15) is 5.76 Å². The Bertz CT molecular complexity index is 900. The van der Waals surface area contributed by atoms with Crippen LogP contribution in [0.5, 0.6) is 0 Å². The standard InChI is InChI=1S/C21H22N4O2/c1-16-19(23-20(27-16)17-5-3-2-4-6-17)15-24-11-13-25(14-12-24)21(26)18-7-9-22-10-8-18/h2-10H,11-15H2,1H3. The number of piperazine rings is 1. The summed E-state index contributed by atoms with van der Waals surface area (Å²) in [6.45, 7) is 5.76. The fourth-order valence-electron chi connectivity index (χ4n) is 3.28. The van der Waals surface area contributed by atoms with Gasteiger partial charge in [0.05, 0.1) is 5.69 Å². The van der Waals surface area contributed by atoms with Gasteiger partial charge in [0, 0.05) is 56.2 Å². The van der Waals surface area contributed by atoms with Crippen molar-refractivity contribution in [3.05, 3.63) is 71.9 Å². The number of aromatic nitrogens is 2. The molecule has 138 valence electrons. The minimum absolute atomic E-state index is 0.0704. The van der Waals surface area contributed by atoms with Crippen molar-refractivity contribution in [3.63, 3.8) is 0 Å². The van der Waals surface area contributed by atoms with Crippen molar-refractivity contribution < 1.29 is 9.21 Å². The van der Waals surface area contributed by atoms with Crippen LogP contribution >= 0.6 is 0 Å². The molecule has 0 unspecified atom stereocenters. The number of pyridine rings is 1. The highest BCUT2D eigenvalue weighted by Gasteiger charge is 2.23. The number of hydrogen-bond acceptors (Lipinski definition) is 5. The van der Waals surface area contributed by atoms with Crippen LogP contribution < -0.4 is 0 Å². The first-order valence-corrected chi connectivity index (χ1v) is 9.14. The first-order chi connectivity index (χ1) is 13.2. The second-order valence-electron chi connectivity index (χ2n) is 6.69. The van der Waals surface area contributed by atoms with Crippen LogP contribution in [0.2, 0.25) is 0 Å². The van der Waals surface area contributed by atoms with Gasteiger partial charge < -0.3 is 9.32 Å². The zero-order chi connectivity index (χ0) is 18.6. The molecule has 1 aromatic carbocycles. The SMILES string of the molecule is Cc1oc(-c2ccccc2)nc1CN1CCN(C(=O)c2ccncc2)CC1. The van der Waals surface area contributed by atoms with E-state index in [0.29, 0.717) is 24.5 Å². The molecule has 27 heavy (non-hydrogen) atoms. The Balaban J connectivity index is 1.37. The molecule has 4 rings (SSSR count). The fourth-order valence-corrected chi connectivity index (χ4v) is 3.28. The van der Waals surface area contributed by atoms with E-state index in [4.69, 9.17) is 4.42 Å². The molecular weight excluding hydrogens is 340 g/mol. The lowest BCUT2D eigenvalue weighted by molar-refractivity contribution is 0.0626. The summed E-state index contributed by atoms with van der Waals surface area (Å²) in [6.07, 6.45) is 3.31. The van der Waals surface area contributed by atoms with Crippen molar-refractivity contribution in [2.24, 2.45) is 0 Å². The Morgan fingerprint density at radius 1 is 1.04 bits per heavy atom. The number of nitrogens with zero attached hydrogens (tertiary/aromatic N) is 4. The molecule has 1 saturated heterocycles. The number of aryl methyl sites for hydroxylation is 1. The van der Waals surface area contributed by atoms with Crippen molar-refractivity contribution in [1.82, 2.24) is 19.8 Å². The Labute approximate surface area is 158 Å². The Morgan fingerprint density at radius 2 is 1.74 bits per heavy atom. The molecular formula is C21H22N4O2. The maximum Gasteiger partial charge on any atom is 0.254 e. The number of oxazole rings is 1. The summed E-state index contributed by atoms with van der Waals surface area (Å²) >= 11 is 0. The van der Waals surface area contributed by atoms with E-state index in [0.717, 1.165) is 36.7 Å². The van der Waals surface area contributed by atoms with Crippen LogP contribution in [0.25, 0.3) is 11.5 Å². The molecule has 3 aromatic rings. The molecule has 0 aliphatic carbocycles. The maximum atomic E-state index is 12.5. The predicted octanol–water partition coefficient (Wildman–Crippen LogP) is 3.00. The number of rotatable bonds is 4. The van der Waals surface area contributed by atoms with Crippen molar-refractivity contribution in [2.45, 2.75) is 13.5 Å². The van der Waals surface area contributed by atoms with Crippen molar-refractivity contribution in [1.29, 1.82) is 0 Å². The van der Waals surface area contributed by atoms with Gasteiger partial charge in [-0.2, -0.15) is 0 Å². The lowest BCUT2D eigenvalue weighted by atomic mass is 10.2. The first-order valence-electron chi connectivity index (χ1n) is 9.14. The Hall–Kier alpha value is -2.99. The fraction of sp³-hybridized carbons (Fsp3) is 0.286. The summed E-state index contributed by atoms with van der Waals surface area (Å²) in [6, 6.07) is 13.5. The number of hydrogen-bond donors (Lipinski definition) is 0. The van der Waals surface area contributed by atoms with Gasteiger partial charge in [-0.1, -0.05) is 18.2 Å². The molecule has 3 heterocycles. The summed E-state index contributed by atoms with van der Waals surface area (Å²) in [5.41, 5.74) is 2.64. The van der Waals surface area contributed by atoms with Gasteiger partial charge in [-0.05, 0) is 31.2 Å². The van der Waals surface area contributed by atoms with E-state index in [-0.39, 0.29) is 5.91 Å². The van der Waals surface area contributed by atoms with Crippen LogP contribution in [0, 0.1) is 6.92 Å². The second-order valence-corrected chi connectivity index (χ2v) is 6.69. The molecule has 0 N–H and O–H groups in total. The summed E-state index contributed by atoms with van der Waals surface area (Å²) < 4.78 is 5.85. The summed E-state index contributed by atoms with van der Waals surface area (Å²) in [5.74, 6) is 1.58. The third kappa shape index (κ3) is 3.90. The molecule has 1 aliphatic rings. The van der Waals surface area contributed by atoms with E-state index in [1.54, 1.807) is 24.5 Å². The molecule has 1 fully saturated rings. The highest BCUT2D eigenvalue weighted by molar-refractivity contribution is 5.94. The molecule has 0 bridgehead atoms. The van der Waals surface area contributed by atoms with Gasteiger partial charge in [-0.25, -0.2) is 4.98 Å².